The van der Waals surface area contributed by atoms with Gasteiger partial charge in [-0.25, -0.2) is 4.79 Å². The highest BCUT2D eigenvalue weighted by Gasteiger charge is 2.47. The number of carbonyl (C=O) groups is 3. The van der Waals surface area contributed by atoms with Crippen LogP contribution in [0.1, 0.15) is 63.9 Å². The van der Waals surface area contributed by atoms with Gasteiger partial charge in [0.25, 0.3) is 0 Å². The zero-order valence-corrected chi connectivity index (χ0v) is 20.7. The quantitative estimate of drug-likeness (QED) is 0.479. The molecule has 3 atom stereocenters. The minimum Gasteiger partial charge on any atom is -0.504 e. The minimum absolute atomic E-state index is 0.0533. The first kappa shape index (κ1) is 24.8. The number of benzene rings is 1. The number of methoxy groups -OCH3 is 2. The monoisotopic (exact) mass is 483 g/mol. The van der Waals surface area contributed by atoms with E-state index in [1.165, 1.54) is 20.3 Å². The lowest BCUT2D eigenvalue weighted by molar-refractivity contribution is -0.151. The summed E-state index contributed by atoms with van der Waals surface area (Å²) in [6.45, 7) is 3.64. The van der Waals surface area contributed by atoms with Gasteiger partial charge in [-0.1, -0.05) is 19.4 Å². The number of hydrogen-bond donors (Lipinski definition) is 2. The third-order valence-corrected chi connectivity index (χ3v) is 7.33. The second kappa shape index (κ2) is 10.1. The van der Waals surface area contributed by atoms with Crippen LogP contribution in [0.25, 0.3) is 0 Å². The summed E-state index contributed by atoms with van der Waals surface area (Å²) in [5.41, 5.74) is 2.57. The van der Waals surface area contributed by atoms with E-state index in [1.54, 1.807) is 19.1 Å². The molecule has 0 radical (unpaired) electrons. The first-order chi connectivity index (χ1) is 16.8. The van der Waals surface area contributed by atoms with Crippen molar-refractivity contribution in [3.8, 4) is 11.5 Å². The highest BCUT2D eigenvalue weighted by Crippen LogP contribution is 2.47. The summed E-state index contributed by atoms with van der Waals surface area (Å²) < 4.78 is 16.2. The third-order valence-electron chi connectivity index (χ3n) is 7.33. The van der Waals surface area contributed by atoms with Crippen LogP contribution in [0.15, 0.2) is 40.7 Å². The smallest absolute Gasteiger partial charge is 0.337 e. The van der Waals surface area contributed by atoms with Crippen molar-refractivity contribution in [2.24, 2.45) is 11.8 Å². The van der Waals surface area contributed by atoms with Gasteiger partial charge in [-0.15, -0.1) is 0 Å². The van der Waals surface area contributed by atoms with Crippen molar-refractivity contribution in [1.82, 2.24) is 5.32 Å². The molecule has 0 amide bonds. The van der Waals surface area contributed by atoms with E-state index in [0.717, 1.165) is 32.1 Å². The van der Waals surface area contributed by atoms with Gasteiger partial charge in [-0.05, 0) is 62.6 Å². The molecule has 4 rings (SSSR count). The highest BCUT2D eigenvalue weighted by atomic mass is 16.5. The minimum atomic E-state index is -0.962. The molecule has 1 saturated carbocycles. The number of aromatic hydroxyl groups is 1. The van der Waals surface area contributed by atoms with Crippen LogP contribution in [-0.2, 0) is 23.9 Å². The average molecular weight is 484 g/mol. The number of carbonyl (C=O) groups excluding carboxylic acids is 3. The average Bonchev–Trinajstić information content (AvgIpc) is 2.83. The van der Waals surface area contributed by atoms with Crippen molar-refractivity contribution >= 4 is 17.7 Å². The number of hydrogen-bond acceptors (Lipinski definition) is 8. The van der Waals surface area contributed by atoms with E-state index < -0.39 is 23.8 Å². The van der Waals surface area contributed by atoms with Gasteiger partial charge in [0.15, 0.2) is 17.3 Å². The molecule has 3 aliphatic rings. The van der Waals surface area contributed by atoms with Gasteiger partial charge in [0.2, 0.25) is 0 Å². The van der Waals surface area contributed by atoms with Crippen molar-refractivity contribution in [3.63, 3.8) is 0 Å². The Hall–Kier alpha value is -3.29. The van der Waals surface area contributed by atoms with Crippen LogP contribution in [0.3, 0.4) is 0 Å². The van der Waals surface area contributed by atoms with Crippen molar-refractivity contribution < 1.29 is 33.7 Å². The number of phenolic OH excluding ortho intramolecular Hbond substituents is 1. The summed E-state index contributed by atoms with van der Waals surface area (Å²) >= 11 is 0. The lowest BCUT2D eigenvalue weighted by Gasteiger charge is -2.38. The Kier molecular flexibility index (Phi) is 7.19. The van der Waals surface area contributed by atoms with Crippen molar-refractivity contribution in [1.29, 1.82) is 0 Å². The van der Waals surface area contributed by atoms with Crippen molar-refractivity contribution in [3.05, 3.63) is 46.3 Å². The fourth-order valence-corrected chi connectivity index (χ4v) is 5.56. The molecule has 0 saturated heterocycles. The lowest BCUT2D eigenvalue weighted by atomic mass is 9.69. The molecule has 1 fully saturated rings. The lowest BCUT2D eigenvalue weighted by Crippen LogP contribution is -2.43. The molecule has 8 heteroatoms. The number of esters is 2. The Balaban J connectivity index is 1.82. The summed E-state index contributed by atoms with van der Waals surface area (Å²) in [6.07, 6.45) is 5.08. The van der Waals surface area contributed by atoms with E-state index in [9.17, 15) is 19.5 Å². The number of ketones is 1. The molecule has 1 aromatic rings. The predicted molar refractivity (Wildman–Crippen MR) is 128 cm³/mol. The summed E-state index contributed by atoms with van der Waals surface area (Å²) in [7, 11) is 2.71. The summed E-state index contributed by atoms with van der Waals surface area (Å²) in [5.74, 6) is -3.27. The topological polar surface area (TPSA) is 111 Å². The molecular weight excluding hydrogens is 450 g/mol. The van der Waals surface area contributed by atoms with E-state index in [1.807, 2.05) is 6.92 Å². The zero-order chi connectivity index (χ0) is 25.3. The zero-order valence-electron chi connectivity index (χ0n) is 20.7. The number of allylic oxidation sites excluding steroid dienone is 3. The number of phenols is 1. The molecule has 1 aliphatic heterocycles. The summed E-state index contributed by atoms with van der Waals surface area (Å²) in [4.78, 5) is 39.9. The number of dihydropyridines is 1. The molecule has 0 bridgehead atoms. The number of ether oxygens (including phenoxy) is 3. The highest BCUT2D eigenvalue weighted by molar-refractivity contribution is 6.12. The maximum absolute atomic E-state index is 13.8. The molecule has 2 aliphatic carbocycles. The normalized spacial score (nSPS) is 25.0. The number of nitrogens with one attached hydrogen (secondary N) is 1. The van der Waals surface area contributed by atoms with Crippen LogP contribution < -0.4 is 10.1 Å². The maximum atomic E-state index is 13.8. The first-order valence-corrected chi connectivity index (χ1v) is 12.2. The van der Waals surface area contributed by atoms with Gasteiger partial charge in [-0.3, -0.25) is 9.59 Å². The Labute approximate surface area is 205 Å². The SMILES string of the molecule is COC(=O)[C@@H]1C(=O)C2=C(C[C@@H]1C)NC(C)=C(C(=O)OC1CCCCC1)[C@@H]2c1ccc(O)c(OC)c1. The van der Waals surface area contributed by atoms with E-state index in [4.69, 9.17) is 14.2 Å². The van der Waals surface area contributed by atoms with Crippen LogP contribution in [-0.4, -0.2) is 43.2 Å². The van der Waals surface area contributed by atoms with Crippen molar-refractivity contribution in [2.75, 3.05) is 14.2 Å². The van der Waals surface area contributed by atoms with Gasteiger partial charge < -0.3 is 24.6 Å². The van der Waals surface area contributed by atoms with Crippen molar-refractivity contribution in [2.45, 2.75) is 64.4 Å². The Morgan fingerprint density at radius 1 is 1.11 bits per heavy atom. The Morgan fingerprint density at radius 2 is 1.83 bits per heavy atom. The standard InChI is InChI=1S/C27H33NO7/c1-14-12-18-24(25(30)21(14)26(31)34-4)23(16-10-11-19(29)20(13-16)33-3)22(15(2)28-18)27(32)35-17-8-6-5-7-9-17/h10-11,13-14,17,21,23,28-29H,5-9,12H2,1-4H3/t14-,21-,23-/m0/s1. The second-order valence-corrected chi connectivity index (χ2v) is 9.63. The van der Waals surface area contributed by atoms with Crippen LogP contribution in [0.5, 0.6) is 11.5 Å². The number of rotatable bonds is 5. The van der Waals surface area contributed by atoms with Gasteiger partial charge in [-0.2, -0.15) is 0 Å². The molecule has 0 spiro atoms. The van der Waals surface area contributed by atoms with Gasteiger partial charge in [0.1, 0.15) is 12.0 Å². The van der Waals surface area contributed by atoms with E-state index in [-0.39, 0.29) is 29.3 Å². The first-order valence-electron chi connectivity index (χ1n) is 12.2. The molecular formula is C27H33NO7. The summed E-state index contributed by atoms with van der Waals surface area (Å²) in [6, 6.07) is 4.76. The van der Waals surface area contributed by atoms with Gasteiger partial charge in [0.05, 0.1) is 19.8 Å². The largest absolute Gasteiger partial charge is 0.504 e. The molecule has 1 heterocycles. The van der Waals surface area contributed by atoms with Gasteiger partial charge >= 0.3 is 11.9 Å². The predicted octanol–water partition coefficient (Wildman–Crippen LogP) is 3.89. The Bertz CT molecular complexity index is 1100. The molecule has 35 heavy (non-hydrogen) atoms. The molecule has 188 valence electrons. The molecule has 2 N–H and O–H groups in total. The van der Waals surface area contributed by atoms with Crippen LogP contribution in [0.4, 0.5) is 0 Å². The maximum Gasteiger partial charge on any atom is 0.337 e. The van der Waals surface area contributed by atoms with Gasteiger partial charge in [0, 0.05) is 22.9 Å². The summed E-state index contributed by atoms with van der Waals surface area (Å²) in [5, 5.41) is 13.4. The van der Waals surface area contributed by atoms with Crippen LogP contribution in [0, 0.1) is 11.8 Å². The fourth-order valence-electron chi connectivity index (χ4n) is 5.56. The van der Waals surface area contributed by atoms with E-state index >= 15 is 0 Å². The molecule has 0 aromatic heterocycles. The second-order valence-electron chi connectivity index (χ2n) is 9.63. The van der Waals surface area contributed by atoms with Crippen LogP contribution in [0.2, 0.25) is 0 Å². The molecule has 1 aromatic carbocycles. The third kappa shape index (κ3) is 4.66. The fraction of sp³-hybridized carbons (Fsp3) is 0.519. The number of Topliss-reactive ketones (excluding diaryl/α,β-unsaturated/α-hetero) is 1. The molecule has 8 nitrogen and oxygen atoms in total. The van der Waals surface area contributed by atoms with E-state index in [2.05, 4.69) is 5.32 Å². The molecule has 0 unspecified atom stereocenters. The van der Waals surface area contributed by atoms with Crippen LogP contribution >= 0.6 is 0 Å². The Morgan fingerprint density at radius 3 is 2.49 bits per heavy atom. The van der Waals surface area contributed by atoms with E-state index in [0.29, 0.717) is 34.5 Å².